The van der Waals surface area contributed by atoms with Crippen LogP contribution in [0.1, 0.15) is 132 Å². The lowest BCUT2D eigenvalue weighted by atomic mass is 9.38. The van der Waals surface area contributed by atoms with Crippen LogP contribution in [0.4, 0.5) is 0 Å². The van der Waals surface area contributed by atoms with Gasteiger partial charge in [0.15, 0.2) is 23.3 Å². The smallest absolute Gasteiger partial charge is 0.339 e. The van der Waals surface area contributed by atoms with Gasteiger partial charge in [0.1, 0.15) is 18.0 Å². The molecule has 0 saturated heterocycles. The van der Waals surface area contributed by atoms with Gasteiger partial charge in [0.25, 0.3) is 0 Å². The molecule has 96 heavy (non-hydrogen) atoms. The first kappa shape index (κ1) is 64.4. The lowest BCUT2D eigenvalue weighted by Gasteiger charge is -2.65. The fourth-order valence-electron chi connectivity index (χ4n) is 15.9. The Morgan fingerprint density at radius 2 is 0.802 bits per heavy atom. The molecule has 0 atom stereocenters. The van der Waals surface area contributed by atoms with Crippen molar-refractivity contribution in [3.05, 3.63) is 261 Å². The summed E-state index contributed by atoms with van der Waals surface area (Å²) < 4.78 is 21.3. The van der Waals surface area contributed by atoms with E-state index >= 15 is 0 Å². The zero-order valence-electron chi connectivity index (χ0n) is 55.3. The molecule has 2 fully saturated rings. The summed E-state index contributed by atoms with van der Waals surface area (Å²) >= 11 is 0. The number of fused-ring (bicyclic) bond motifs is 3. The molecule has 484 valence electrons. The molecule has 0 amide bonds. The fraction of sp³-hybridized carbons (Fsp3) is 0.271. The van der Waals surface area contributed by atoms with Crippen molar-refractivity contribution in [2.24, 2.45) is 10.8 Å². The van der Waals surface area contributed by atoms with Crippen LogP contribution in [0.15, 0.2) is 245 Å². The average Bonchev–Trinajstić information content (AvgIpc) is 1.43. The Hall–Kier alpha value is -10.3. The predicted octanol–water partition coefficient (Wildman–Crippen LogP) is 20.6. The minimum absolute atomic E-state index is 0.0606. The highest BCUT2D eigenvalue weighted by Gasteiger charge is 2.67. The van der Waals surface area contributed by atoms with E-state index in [-0.39, 0.29) is 22.2 Å². The highest BCUT2D eigenvalue weighted by atomic mass is 16.5. The molecule has 0 aliphatic heterocycles. The normalized spacial score (nSPS) is 17.6. The lowest BCUT2D eigenvalue weighted by molar-refractivity contribution is -0.145. The molecular weight excluding hydrogens is 1180 g/mol. The number of hydrogen-bond donors (Lipinski definition) is 0. The molecule has 11 heteroatoms. The van der Waals surface area contributed by atoms with Crippen molar-refractivity contribution >= 4 is 11.9 Å². The third-order valence-electron chi connectivity index (χ3n) is 20.6. The molecule has 10 aromatic rings. The first-order valence-corrected chi connectivity index (χ1v) is 34.2. The number of aromatic nitrogens is 6. The summed E-state index contributed by atoms with van der Waals surface area (Å²) in [4.78, 5) is 25.0. The number of carbonyl (C=O) groups is 2. The summed E-state index contributed by atoms with van der Waals surface area (Å²) in [6.07, 6.45) is 21.6. The summed E-state index contributed by atoms with van der Waals surface area (Å²) in [6, 6.07) is 68.3. The number of unbranched alkanes of at least 4 members (excludes halogenated alkanes) is 7. The van der Waals surface area contributed by atoms with Crippen LogP contribution in [0.2, 0.25) is 0 Å². The Kier molecular flexibility index (Phi) is 19.0. The maximum atomic E-state index is 13.0. The van der Waals surface area contributed by atoms with Crippen molar-refractivity contribution in [3.8, 4) is 96.1 Å². The van der Waals surface area contributed by atoms with Gasteiger partial charge in [-0.2, -0.15) is 0 Å². The van der Waals surface area contributed by atoms with Gasteiger partial charge in [-0.3, -0.25) is 13.9 Å². The van der Waals surface area contributed by atoms with Crippen molar-refractivity contribution in [1.82, 2.24) is 29.5 Å². The van der Waals surface area contributed by atoms with E-state index in [9.17, 15) is 9.59 Å². The fourth-order valence-corrected chi connectivity index (χ4v) is 15.9. The first-order valence-electron chi connectivity index (χ1n) is 34.2. The highest BCUT2D eigenvalue weighted by molar-refractivity contribution is 5.91. The molecule has 3 aliphatic carbocycles. The van der Waals surface area contributed by atoms with Crippen molar-refractivity contribution < 1.29 is 23.8 Å². The van der Waals surface area contributed by atoms with Gasteiger partial charge < -0.3 is 14.2 Å². The first-order chi connectivity index (χ1) is 47.0. The number of para-hydroxylation sites is 2. The summed E-state index contributed by atoms with van der Waals surface area (Å²) in [7, 11) is 0. The van der Waals surface area contributed by atoms with Crippen LogP contribution in [0.3, 0.4) is 0 Å². The van der Waals surface area contributed by atoms with Gasteiger partial charge >= 0.3 is 11.9 Å². The average molecular weight is 1270 g/mol. The molecule has 2 saturated carbocycles. The van der Waals surface area contributed by atoms with Crippen molar-refractivity contribution in [1.29, 1.82) is 0 Å². The van der Waals surface area contributed by atoms with E-state index in [1.807, 2.05) is 48.5 Å². The third-order valence-corrected chi connectivity index (χ3v) is 20.6. The van der Waals surface area contributed by atoms with Gasteiger partial charge in [-0.1, -0.05) is 213 Å². The molecule has 0 N–H and O–H groups in total. The van der Waals surface area contributed by atoms with Crippen LogP contribution in [0, 0.1) is 10.8 Å². The number of nitrogens with zero attached hydrogens (tertiary/aromatic N) is 6. The minimum Gasteiger partial charge on any atom is -0.494 e. The largest absolute Gasteiger partial charge is 0.494 e. The minimum atomic E-state index is -0.577. The Morgan fingerprint density at radius 1 is 0.438 bits per heavy atom. The molecule has 3 aliphatic rings. The number of ether oxygens (including phenoxy) is 3. The topological polar surface area (TPSA) is 123 Å². The van der Waals surface area contributed by atoms with E-state index in [1.165, 1.54) is 109 Å². The number of benzene rings is 8. The number of rotatable bonds is 27. The van der Waals surface area contributed by atoms with E-state index in [0.29, 0.717) is 30.2 Å². The zero-order chi connectivity index (χ0) is 66.2. The van der Waals surface area contributed by atoms with Crippen LogP contribution in [0.5, 0.6) is 5.75 Å². The van der Waals surface area contributed by atoms with E-state index in [0.717, 1.165) is 88.7 Å². The second kappa shape index (κ2) is 28.4. The van der Waals surface area contributed by atoms with Gasteiger partial charge in [0.2, 0.25) is 0 Å². The second-order valence-corrected chi connectivity index (χ2v) is 26.6. The van der Waals surface area contributed by atoms with Gasteiger partial charge in [-0.25, -0.2) is 4.79 Å². The summed E-state index contributed by atoms with van der Waals surface area (Å²) in [6.45, 7) is 20.7. The lowest BCUT2D eigenvalue weighted by Crippen LogP contribution is -2.59. The van der Waals surface area contributed by atoms with Gasteiger partial charge in [-0.15, -0.1) is 20.4 Å². The van der Waals surface area contributed by atoms with Crippen LogP contribution in [0.25, 0.3) is 90.3 Å². The van der Waals surface area contributed by atoms with Crippen LogP contribution in [-0.4, -0.2) is 60.3 Å². The molecule has 2 aromatic heterocycles. The van der Waals surface area contributed by atoms with Gasteiger partial charge in [0.05, 0.1) is 12.2 Å². The SMILES string of the molecule is C=CC(C=C)OC(=O)CCCCCCCCCCOc1ccc(-c2nnc(-c3ccc(-c4ccc5c(c4)C4(c6cc(-c7ccc(-c8nnc(-c9ccc(C(=O)OC(C=C)C=C)cc9)n8-c8ccccc8)cc7)ccc6-5)C5(C)CCCC4(C)CCC5)cc3)n2-c2ccccc2)cc1. The van der Waals surface area contributed by atoms with E-state index in [2.05, 4.69) is 183 Å². The number of carbonyl (C=O) groups excluding carboxylic acids is 2. The third kappa shape index (κ3) is 12.5. The van der Waals surface area contributed by atoms with Crippen molar-refractivity contribution in [2.75, 3.05) is 6.61 Å². The number of esters is 2. The van der Waals surface area contributed by atoms with Crippen molar-refractivity contribution in [2.45, 2.75) is 128 Å². The van der Waals surface area contributed by atoms with Crippen LogP contribution < -0.4 is 4.74 Å². The summed E-state index contributed by atoms with van der Waals surface area (Å²) in [5.41, 5.74) is 16.3. The number of hydrogen-bond acceptors (Lipinski definition) is 9. The maximum absolute atomic E-state index is 13.0. The molecule has 11 nitrogen and oxygen atoms in total. The molecule has 0 radical (unpaired) electrons. The highest BCUT2D eigenvalue weighted by Crippen LogP contribution is 2.74. The van der Waals surface area contributed by atoms with E-state index in [4.69, 9.17) is 34.6 Å². The predicted molar refractivity (Wildman–Crippen MR) is 386 cm³/mol. The Labute approximate surface area is 565 Å². The summed E-state index contributed by atoms with van der Waals surface area (Å²) in [5, 5.41) is 19.3. The molecule has 8 aromatic carbocycles. The van der Waals surface area contributed by atoms with Gasteiger partial charge in [0, 0.05) is 45.5 Å². The van der Waals surface area contributed by atoms with E-state index < -0.39 is 18.2 Å². The maximum Gasteiger partial charge on any atom is 0.339 e. The quantitative estimate of drug-likeness (QED) is 0.0281. The molecule has 1 spiro atoms. The zero-order valence-corrected chi connectivity index (χ0v) is 55.3. The molecular formula is C85H84N6O5. The molecule has 2 heterocycles. The molecule has 13 rings (SSSR count). The summed E-state index contributed by atoms with van der Waals surface area (Å²) in [5.74, 6) is 3.10. The standard InChI is InChI=1S/C85H84N6O5/c1-7-70(8-2)95-77(92)31-23-15-13-11-12-14-16-24-56-94-72-48-44-64(45-49-72)81-89-87-79(91(81)69-29-21-18-22-30-69)62-38-34-60(35-39-62)67-47-51-74-73-50-46-66(57-75(73)85(76(74)58-67)83(5)52-25-54-84(85,6)55-26-53-83)59-32-36-61(37-33-59)78-86-88-80(90(78)68-27-19-17-20-28-68)63-40-42-65(43-41-63)82(93)96-71(9-3)10-4/h7-10,17-22,27-30,32-51,57-58,70-71H,1-4,11-16,23-26,31,52-56H2,5-6H3. The Morgan fingerprint density at radius 3 is 1.23 bits per heavy atom. The van der Waals surface area contributed by atoms with Crippen molar-refractivity contribution in [3.63, 3.8) is 0 Å². The monoisotopic (exact) mass is 1270 g/mol. The molecule has 0 unspecified atom stereocenters. The van der Waals surface area contributed by atoms with E-state index in [1.54, 1.807) is 24.3 Å². The van der Waals surface area contributed by atoms with Crippen LogP contribution >= 0.6 is 0 Å². The Balaban J connectivity index is 0.725. The van der Waals surface area contributed by atoms with Crippen LogP contribution in [-0.2, 0) is 19.7 Å². The van der Waals surface area contributed by atoms with Gasteiger partial charge in [-0.05, 0) is 191 Å². The second-order valence-electron chi connectivity index (χ2n) is 26.6. The Bertz CT molecular complexity index is 4390. The molecule has 2 bridgehead atoms.